The van der Waals surface area contributed by atoms with E-state index in [1.54, 1.807) is 0 Å². The van der Waals surface area contributed by atoms with E-state index in [4.69, 9.17) is 9.47 Å². The maximum absolute atomic E-state index is 13.1. The smallest absolute Gasteiger partial charge is 0.310 e. The van der Waals surface area contributed by atoms with E-state index >= 15 is 0 Å². The fourth-order valence-electron chi connectivity index (χ4n) is 8.22. The summed E-state index contributed by atoms with van der Waals surface area (Å²) in [6.07, 6.45) is 9.83. The van der Waals surface area contributed by atoms with Crippen LogP contribution in [0.4, 0.5) is 0 Å². The minimum Gasteiger partial charge on any atom is -0.748 e. The molecule has 5 unspecified atom stereocenters. The molecule has 2 bridgehead atoms. The Morgan fingerprint density at radius 2 is 0.979 bits per heavy atom. The highest BCUT2D eigenvalue weighted by Crippen LogP contribution is 2.55. The van der Waals surface area contributed by atoms with Crippen LogP contribution in [0.15, 0.2) is 106 Å². The predicted octanol–water partition coefficient (Wildman–Crippen LogP) is 7.71. The van der Waals surface area contributed by atoms with Crippen molar-refractivity contribution in [2.24, 2.45) is 23.7 Å². The van der Waals surface area contributed by atoms with Crippen molar-refractivity contribution >= 4 is 33.0 Å². The number of hydrogen-bond donors (Lipinski definition) is 0. The highest BCUT2D eigenvalue weighted by Gasteiger charge is 2.61. The maximum atomic E-state index is 13.1. The first-order chi connectivity index (χ1) is 23.3. The average molecular weight is 691 g/mol. The minimum atomic E-state index is -4.52. The maximum Gasteiger partial charge on any atom is 0.310 e. The van der Waals surface area contributed by atoms with E-state index in [2.05, 4.69) is 91.0 Å². The number of carbonyl (C=O) groups excluding carboxylic acids is 2. The summed E-state index contributed by atoms with van der Waals surface area (Å²) in [6.45, 7) is 0. The number of hydrogen-bond acceptors (Lipinski definition) is 7. The Morgan fingerprint density at radius 3 is 1.38 bits per heavy atom. The lowest BCUT2D eigenvalue weighted by atomic mass is 9.78. The SMILES string of the molecule is O=C(OC1CCCCC1)C1C2CC(C1C(=O)OC1CCCCC1)C(S(=O)(=O)[O-])C2.c1ccc([S+](c2ccccc2)c2ccccc2)cc1. The van der Waals surface area contributed by atoms with Gasteiger partial charge < -0.3 is 14.0 Å². The molecule has 0 N–H and O–H groups in total. The Balaban J connectivity index is 0.000000182. The average Bonchev–Trinajstić information content (AvgIpc) is 3.72. The molecule has 0 radical (unpaired) electrons. The minimum absolute atomic E-state index is 0.0146. The Morgan fingerprint density at radius 1 is 0.583 bits per heavy atom. The Labute approximate surface area is 287 Å². The summed E-state index contributed by atoms with van der Waals surface area (Å²) in [4.78, 5) is 30.1. The normalized spacial score (nSPS) is 26.0. The summed E-state index contributed by atoms with van der Waals surface area (Å²) in [6, 6.07) is 32.2. The molecule has 256 valence electrons. The number of fused-ring (bicyclic) bond motifs is 2. The third kappa shape index (κ3) is 8.35. The third-order valence-electron chi connectivity index (χ3n) is 10.5. The van der Waals surface area contributed by atoms with E-state index in [0.717, 1.165) is 64.2 Å². The Kier molecular flexibility index (Phi) is 11.6. The van der Waals surface area contributed by atoms with Crippen LogP contribution in [-0.4, -0.2) is 42.4 Å². The summed E-state index contributed by atoms with van der Waals surface area (Å²) in [5, 5.41) is -1.10. The van der Waals surface area contributed by atoms with Crippen LogP contribution < -0.4 is 0 Å². The molecular weight excluding hydrogens is 645 g/mol. The van der Waals surface area contributed by atoms with Gasteiger partial charge in [0.05, 0.1) is 38.1 Å². The van der Waals surface area contributed by atoms with Gasteiger partial charge >= 0.3 is 11.9 Å². The second-order valence-electron chi connectivity index (χ2n) is 13.6. The summed E-state index contributed by atoms with van der Waals surface area (Å²) in [5.74, 6) is -3.41. The van der Waals surface area contributed by atoms with E-state index in [1.807, 2.05) is 0 Å². The second-order valence-corrected chi connectivity index (χ2v) is 17.2. The van der Waals surface area contributed by atoms with E-state index in [-0.39, 0.29) is 35.4 Å². The molecule has 4 aliphatic carbocycles. The lowest BCUT2D eigenvalue weighted by Crippen LogP contribution is -2.45. The van der Waals surface area contributed by atoms with Crippen LogP contribution in [0, 0.1) is 23.7 Å². The Bertz CT molecular complexity index is 1490. The summed E-state index contributed by atoms with van der Waals surface area (Å²) in [5.41, 5.74) is 0. The highest BCUT2D eigenvalue weighted by atomic mass is 32.2. The Hall–Kier alpha value is -3.14. The third-order valence-corrected chi connectivity index (χ3v) is 14.0. The molecule has 3 aromatic rings. The van der Waals surface area contributed by atoms with E-state index in [0.29, 0.717) is 6.42 Å². The second kappa shape index (κ2) is 16.0. The first kappa shape index (κ1) is 34.7. The van der Waals surface area contributed by atoms with Crippen molar-refractivity contribution in [1.82, 2.24) is 0 Å². The van der Waals surface area contributed by atoms with Crippen molar-refractivity contribution in [2.75, 3.05) is 0 Å². The van der Waals surface area contributed by atoms with Gasteiger partial charge in [0.15, 0.2) is 14.7 Å². The zero-order chi connectivity index (χ0) is 33.5. The molecule has 4 aliphatic rings. The lowest BCUT2D eigenvalue weighted by Gasteiger charge is -2.36. The molecule has 0 aromatic heterocycles. The molecule has 3 aromatic carbocycles. The van der Waals surface area contributed by atoms with Gasteiger partial charge in [0.1, 0.15) is 12.2 Å². The fraction of sp³-hybridized carbons (Fsp3) is 0.487. The van der Waals surface area contributed by atoms with Gasteiger partial charge in [0.2, 0.25) is 0 Å². The quantitative estimate of drug-likeness (QED) is 0.135. The highest BCUT2D eigenvalue weighted by molar-refractivity contribution is 7.97. The van der Waals surface area contributed by atoms with Crippen molar-refractivity contribution in [3.63, 3.8) is 0 Å². The number of ether oxygens (including phenoxy) is 2. The number of esters is 2. The van der Waals surface area contributed by atoms with E-state index in [9.17, 15) is 22.6 Å². The van der Waals surface area contributed by atoms with E-state index in [1.165, 1.54) is 14.7 Å². The number of carbonyl (C=O) groups is 2. The molecule has 7 rings (SSSR count). The molecule has 0 aliphatic heterocycles. The molecule has 7 nitrogen and oxygen atoms in total. The molecular formula is C39H46O7S2. The molecule has 0 heterocycles. The molecule has 4 fully saturated rings. The largest absolute Gasteiger partial charge is 0.748 e. The van der Waals surface area contributed by atoms with Crippen molar-refractivity contribution in [1.29, 1.82) is 0 Å². The van der Waals surface area contributed by atoms with Gasteiger partial charge in [0.25, 0.3) is 0 Å². The molecule has 4 saturated carbocycles. The summed E-state index contributed by atoms with van der Waals surface area (Å²) in [7, 11) is -4.53. The lowest BCUT2D eigenvalue weighted by molar-refractivity contribution is -0.170. The van der Waals surface area contributed by atoms with Gasteiger partial charge in [-0.1, -0.05) is 67.4 Å². The molecule has 9 heteroatoms. The van der Waals surface area contributed by atoms with Crippen molar-refractivity contribution in [3.05, 3.63) is 91.0 Å². The molecule has 0 saturated heterocycles. The fourth-order valence-corrected chi connectivity index (χ4v) is 11.5. The monoisotopic (exact) mass is 690 g/mol. The van der Waals surface area contributed by atoms with Crippen LogP contribution >= 0.6 is 0 Å². The predicted molar refractivity (Wildman–Crippen MR) is 184 cm³/mol. The number of benzene rings is 3. The molecule has 0 spiro atoms. The van der Waals surface area contributed by atoms with Crippen molar-refractivity contribution in [3.8, 4) is 0 Å². The van der Waals surface area contributed by atoms with Crippen LogP contribution in [-0.2, 0) is 40.1 Å². The van der Waals surface area contributed by atoms with Crippen LogP contribution in [0.3, 0.4) is 0 Å². The first-order valence-electron chi connectivity index (χ1n) is 17.5. The van der Waals surface area contributed by atoms with Crippen LogP contribution in [0.5, 0.6) is 0 Å². The van der Waals surface area contributed by atoms with Gasteiger partial charge in [-0.3, -0.25) is 9.59 Å². The molecule has 0 amide bonds. The zero-order valence-electron chi connectivity index (χ0n) is 27.4. The topological polar surface area (TPSA) is 110 Å². The first-order valence-corrected chi connectivity index (χ1v) is 20.2. The van der Waals surface area contributed by atoms with Gasteiger partial charge in [-0.05, 0) is 112 Å². The van der Waals surface area contributed by atoms with E-state index < -0.39 is 45.1 Å². The van der Waals surface area contributed by atoms with Gasteiger partial charge in [0, 0.05) is 0 Å². The van der Waals surface area contributed by atoms with Crippen LogP contribution in [0.25, 0.3) is 0 Å². The van der Waals surface area contributed by atoms with Crippen LogP contribution in [0.1, 0.15) is 77.0 Å². The zero-order valence-corrected chi connectivity index (χ0v) is 29.0. The van der Waals surface area contributed by atoms with Gasteiger partial charge in [-0.2, -0.15) is 0 Å². The number of rotatable bonds is 8. The summed E-state index contributed by atoms with van der Waals surface area (Å²) < 4.78 is 46.7. The molecule has 5 atom stereocenters. The summed E-state index contributed by atoms with van der Waals surface area (Å²) >= 11 is 0. The van der Waals surface area contributed by atoms with Gasteiger partial charge in [-0.15, -0.1) is 0 Å². The standard InChI is InChI=1S/C21H32O7S.C18H15S/c22-20(27-14-7-3-1-4-8-14)18-13-11-16(17(12-13)29(24,25)26)19(18)21(23)28-15-9-5-2-6-10-15;1-4-10-16(11-5-1)19(17-12-6-2-7-13-17)18-14-8-3-9-15-18/h13-19H,1-12H2,(H,24,25,26);1-15H/q;+1/p-1. The van der Waals surface area contributed by atoms with Crippen molar-refractivity contribution in [2.45, 2.75) is 109 Å². The van der Waals surface area contributed by atoms with Crippen molar-refractivity contribution < 1.29 is 32.0 Å². The van der Waals surface area contributed by atoms with Crippen LogP contribution in [0.2, 0.25) is 0 Å². The molecule has 48 heavy (non-hydrogen) atoms. The van der Waals surface area contributed by atoms with Gasteiger partial charge in [-0.25, -0.2) is 8.42 Å².